The van der Waals surface area contributed by atoms with Gasteiger partial charge in [0.2, 0.25) is 0 Å². The summed E-state index contributed by atoms with van der Waals surface area (Å²) >= 11 is 11.7. The molecule has 3 rings (SSSR count). The summed E-state index contributed by atoms with van der Waals surface area (Å²) in [6.45, 7) is 3.99. The second-order valence-electron chi connectivity index (χ2n) is 6.12. The minimum absolute atomic E-state index is 0.520. The summed E-state index contributed by atoms with van der Waals surface area (Å²) in [6.07, 6.45) is 1.11. The number of nitrogens with zero attached hydrogens (tertiary/aromatic N) is 1. The number of benzene rings is 2. The fourth-order valence-corrected chi connectivity index (χ4v) is 3.48. The van der Waals surface area contributed by atoms with E-state index in [0.29, 0.717) is 16.1 Å². The number of likely N-dealkylation sites (tertiary alicyclic amines) is 1. The maximum Gasteiger partial charge on any atom is 0.173 e. The Hall–Kier alpha value is -1.78. The number of halogens is 1. The lowest BCUT2D eigenvalue weighted by atomic mass is 9.98. The Morgan fingerprint density at radius 3 is 2.71 bits per heavy atom. The Bertz CT molecular complexity index is 733. The number of nitrogens with one attached hydrogen (secondary N) is 1. The third-order valence-electron chi connectivity index (χ3n) is 4.43. The molecule has 1 fully saturated rings. The third-order valence-corrected chi connectivity index (χ3v) is 5.02. The second kappa shape index (κ2) is 7.41. The molecule has 0 unspecified atom stereocenters. The van der Waals surface area contributed by atoms with E-state index in [1.165, 1.54) is 11.1 Å². The standard InChI is InChI=1S/C19H21ClN2OS/c1-13-3-5-14(6-4-13)15-9-10-22(12-15)19(24)21-17-11-16(20)7-8-18(17)23-2/h3-8,11,15H,9-10,12H2,1-2H3,(H,21,24)/t15-/m0/s1. The number of rotatable bonds is 3. The van der Waals surface area contributed by atoms with Crippen molar-refractivity contribution in [2.75, 3.05) is 25.5 Å². The van der Waals surface area contributed by atoms with Gasteiger partial charge >= 0.3 is 0 Å². The quantitative estimate of drug-likeness (QED) is 0.791. The van der Waals surface area contributed by atoms with Crippen LogP contribution in [0.5, 0.6) is 5.75 Å². The molecule has 0 saturated carbocycles. The van der Waals surface area contributed by atoms with E-state index < -0.39 is 0 Å². The Morgan fingerprint density at radius 2 is 2.00 bits per heavy atom. The van der Waals surface area contributed by atoms with Crippen molar-refractivity contribution in [3.8, 4) is 5.75 Å². The molecular formula is C19H21ClN2OS. The highest BCUT2D eigenvalue weighted by molar-refractivity contribution is 7.80. The number of hydrogen-bond acceptors (Lipinski definition) is 2. The molecular weight excluding hydrogens is 340 g/mol. The largest absolute Gasteiger partial charge is 0.495 e. The number of ether oxygens (including phenoxy) is 1. The Morgan fingerprint density at radius 1 is 1.25 bits per heavy atom. The molecule has 2 aromatic rings. The number of anilines is 1. The monoisotopic (exact) mass is 360 g/mol. The zero-order chi connectivity index (χ0) is 17.1. The average Bonchev–Trinajstić information content (AvgIpc) is 3.06. The topological polar surface area (TPSA) is 24.5 Å². The molecule has 0 radical (unpaired) electrons. The summed E-state index contributed by atoms with van der Waals surface area (Å²) in [6, 6.07) is 14.3. The summed E-state index contributed by atoms with van der Waals surface area (Å²) in [5.41, 5.74) is 3.47. The first-order chi connectivity index (χ1) is 11.6. The molecule has 1 atom stereocenters. The molecule has 5 heteroatoms. The lowest BCUT2D eigenvalue weighted by Gasteiger charge is -2.22. The van der Waals surface area contributed by atoms with Crippen LogP contribution in [-0.4, -0.2) is 30.2 Å². The van der Waals surface area contributed by atoms with Gasteiger partial charge in [-0.15, -0.1) is 0 Å². The zero-order valence-electron chi connectivity index (χ0n) is 13.9. The molecule has 0 spiro atoms. The van der Waals surface area contributed by atoms with Crippen molar-refractivity contribution in [2.24, 2.45) is 0 Å². The SMILES string of the molecule is COc1ccc(Cl)cc1NC(=S)N1CC[C@H](c2ccc(C)cc2)C1. The molecule has 0 bridgehead atoms. The first kappa shape index (κ1) is 17.1. The highest BCUT2D eigenvalue weighted by Crippen LogP contribution is 2.30. The summed E-state index contributed by atoms with van der Waals surface area (Å²) < 4.78 is 5.37. The van der Waals surface area contributed by atoms with Crippen molar-refractivity contribution in [1.82, 2.24) is 4.90 Å². The van der Waals surface area contributed by atoms with Gasteiger partial charge in [-0.1, -0.05) is 41.4 Å². The normalized spacial score (nSPS) is 17.0. The molecule has 0 amide bonds. The Balaban J connectivity index is 1.66. The van der Waals surface area contributed by atoms with E-state index in [1.54, 1.807) is 13.2 Å². The molecule has 1 saturated heterocycles. The van der Waals surface area contributed by atoms with Crippen LogP contribution in [0.2, 0.25) is 5.02 Å². The van der Waals surface area contributed by atoms with Crippen LogP contribution < -0.4 is 10.1 Å². The van der Waals surface area contributed by atoms with E-state index in [9.17, 15) is 0 Å². The summed E-state index contributed by atoms with van der Waals surface area (Å²) in [5.74, 6) is 1.25. The van der Waals surface area contributed by atoms with Crippen LogP contribution in [0, 0.1) is 6.92 Å². The molecule has 0 aromatic heterocycles. The molecule has 2 aromatic carbocycles. The van der Waals surface area contributed by atoms with Crippen LogP contribution in [0.3, 0.4) is 0 Å². The van der Waals surface area contributed by atoms with Crippen molar-refractivity contribution in [2.45, 2.75) is 19.3 Å². The van der Waals surface area contributed by atoms with Crippen LogP contribution >= 0.6 is 23.8 Å². The van der Waals surface area contributed by atoms with Crippen LogP contribution in [-0.2, 0) is 0 Å². The van der Waals surface area contributed by atoms with Crippen LogP contribution in [0.25, 0.3) is 0 Å². The summed E-state index contributed by atoms with van der Waals surface area (Å²) in [7, 11) is 1.64. The van der Waals surface area contributed by atoms with E-state index >= 15 is 0 Å². The van der Waals surface area contributed by atoms with Crippen molar-refractivity contribution in [3.05, 3.63) is 58.6 Å². The minimum Gasteiger partial charge on any atom is -0.495 e. The highest BCUT2D eigenvalue weighted by Gasteiger charge is 2.25. The number of aryl methyl sites for hydroxylation is 1. The van der Waals surface area contributed by atoms with Gasteiger partial charge in [0.1, 0.15) is 5.75 Å². The lowest BCUT2D eigenvalue weighted by Crippen LogP contribution is -2.32. The molecule has 1 aliphatic heterocycles. The maximum absolute atomic E-state index is 6.08. The first-order valence-electron chi connectivity index (χ1n) is 8.03. The van der Waals surface area contributed by atoms with Gasteiger partial charge in [0, 0.05) is 24.0 Å². The van der Waals surface area contributed by atoms with E-state index in [1.807, 2.05) is 12.1 Å². The van der Waals surface area contributed by atoms with Crippen LogP contribution in [0.1, 0.15) is 23.5 Å². The number of methoxy groups -OCH3 is 1. The lowest BCUT2D eigenvalue weighted by molar-refractivity contribution is 0.416. The fourth-order valence-electron chi connectivity index (χ4n) is 3.03. The van der Waals surface area contributed by atoms with Gasteiger partial charge in [0.05, 0.1) is 12.8 Å². The van der Waals surface area contributed by atoms with E-state index in [-0.39, 0.29) is 0 Å². The first-order valence-corrected chi connectivity index (χ1v) is 8.81. The molecule has 126 valence electrons. The smallest absolute Gasteiger partial charge is 0.173 e. The van der Waals surface area contributed by atoms with Gasteiger partial charge in [-0.2, -0.15) is 0 Å². The van der Waals surface area contributed by atoms with Gasteiger partial charge < -0.3 is 15.0 Å². The van der Waals surface area contributed by atoms with Gasteiger partial charge in [0.15, 0.2) is 5.11 Å². The van der Waals surface area contributed by atoms with Gasteiger partial charge in [0.25, 0.3) is 0 Å². The predicted octanol–water partition coefficient (Wildman–Crippen LogP) is 4.84. The molecule has 24 heavy (non-hydrogen) atoms. The van der Waals surface area contributed by atoms with Crippen molar-refractivity contribution >= 4 is 34.6 Å². The molecule has 1 aliphatic rings. The van der Waals surface area contributed by atoms with Crippen LogP contribution in [0.4, 0.5) is 5.69 Å². The van der Waals surface area contributed by atoms with E-state index in [2.05, 4.69) is 41.4 Å². The molecule has 1 heterocycles. The van der Waals surface area contributed by atoms with Crippen molar-refractivity contribution < 1.29 is 4.74 Å². The molecule has 1 N–H and O–H groups in total. The minimum atomic E-state index is 0.520. The van der Waals surface area contributed by atoms with E-state index in [0.717, 1.165) is 30.9 Å². The summed E-state index contributed by atoms with van der Waals surface area (Å²) in [5, 5.41) is 4.64. The average molecular weight is 361 g/mol. The Labute approximate surface area is 153 Å². The highest BCUT2D eigenvalue weighted by atomic mass is 35.5. The van der Waals surface area contributed by atoms with Crippen molar-refractivity contribution in [1.29, 1.82) is 0 Å². The van der Waals surface area contributed by atoms with E-state index in [4.69, 9.17) is 28.6 Å². The van der Waals surface area contributed by atoms with Crippen molar-refractivity contribution in [3.63, 3.8) is 0 Å². The molecule has 3 nitrogen and oxygen atoms in total. The number of thiocarbonyl (C=S) groups is 1. The summed E-state index contributed by atoms with van der Waals surface area (Å²) in [4.78, 5) is 2.21. The molecule has 0 aliphatic carbocycles. The van der Waals surface area contributed by atoms with Gasteiger partial charge in [-0.05, 0) is 49.3 Å². The van der Waals surface area contributed by atoms with Gasteiger partial charge in [-0.3, -0.25) is 0 Å². The third kappa shape index (κ3) is 3.82. The maximum atomic E-state index is 6.08. The van der Waals surface area contributed by atoms with Gasteiger partial charge in [-0.25, -0.2) is 0 Å². The predicted molar refractivity (Wildman–Crippen MR) is 104 cm³/mol. The fraction of sp³-hybridized carbons (Fsp3) is 0.316. The number of hydrogen-bond donors (Lipinski definition) is 1. The zero-order valence-corrected chi connectivity index (χ0v) is 15.5. The second-order valence-corrected chi connectivity index (χ2v) is 6.94. The van der Waals surface area contributed by atoms with Crippen LogP contribution in [0.15, 0.2) is 42.5 Å². The Kier molecular flexibility index (Phi) is 5.27.